The SMILES string of the molecule is O=Cc1ccn2c(Br)cnc2c1. The zero-order valence-corrected chi connectivity index (χ0v) is 7.65. The van der Waals surface area contributed by atoms with Gasteiger partial charge in [0.1, 0.15) is 16.5 Å². The average molecular weight is 225 g/mol. The molecule has 0 saturated carbocycles. The summed E-state index contributed by atoms with van der Waals surface area (Å²) >= 11 is 3.33. The Kier molecular flexibility index (Phi) is 1.69. The number of carbonyl (C=O) groups excluding carboxylic acids is 1. The minimum Gasteiger partial charge on any atom is -0.298 e. The third-order valence-electron chi connectivity index (χ3n) is 1.63. The van der Waals surface area contributed by atoms with E-state index in [1.807, 2.05) is 4.40 Å². The van der Waals surface area contributed by atoms with Gasteiger partial charge in [-0.3, -0.25) is 9.20 Å². The second-order valence-corrected chi connectivity index (χ2v) is 3.20. The van der Waals surface area contributed by atoms with Crippen LogP contribution in [0.3, 0.4) is 0 Å². The fourth-order valence-electron chi connectivity index (χ4n) is 1.04. The number of carbonyl (C=O) groups is 1. The van der Waals surface area contributed by atoms with Gasteiger partial charge in [0.05, 0.1) is 6.20 Å². The van der Waals surface area contributed by atoms with Crippen molar-refractivity contribution in [2.24, 2.45) is 0 Å². The molecule has 0 aliphatic carbocycles. The van der Waals surface area contributed by atoms with Crippen LogP contribution in [0.4, 0.5) is 0 Å². The van der Waals surface area contributed by atoms with Gasteiger partial charge in [0.2, 0.25) is 0 Å². The van der Waals surface area contributed by atoms with Crippen molar-refractivity contribution < 1.29 is 4.79 Å². The van der Waals surface area contributed by atoms with Gasteiger partial charge in [0.25, 0.3) is 0 Å². The van der Waals surface area contributed by atoms with Gasteiger partial charge in [-0.25, -0.2) is 4.98 Å². The molecule has 2 aromatic rings. The molecule has 0 bridgehead atoms. The van der Waals surface area contributed by atoms with Crippen LogP contribution in [0, 0.1) is 0 Å². The van der Waals surface area contributed by atoms with E-state index in [1.54, 1.807) is 24.5 Å². The van der Waals surface area contributed by atoms with E-state index in [4.69, 9.17) is 0 Å². The summed E-state index contributed by atoms with van der Waals surface area (Å²) in [4.78, 5) is 14.5. The number of hydrogen-bond donors (Lipinski definition) is 0. The van der Waals surface area contributed by atoms with Crippen molar-refractivity contribution in [1.82, 2.24) is 9.38 Å². The molecular formula is C8H5BrN2O. The number of aromatic nitrogens is 2. The fraction of sp³-hybridized carbons (Fsp3) is 0. The normalized spacial score (nSPS) is 10.4. The van der Waals surface area contributed by atoms with Gasteiger partial charge >= 0.3 is 0 Å². The van der Waals surface area contributed by atoms with E-state index in [0.717, 1.165) is 16.5 Å². The van der Waals surface area contributed by atoms with Crippen LogP contribution >= 0.6 is 15.9 Å². The predicted octanol–water partition coefficient (Wildman–Crippen LogP) is 1.91. The van der Waals surface area contributed by atoms with E-state index in [9.17, 15) is 4.79 Å². The van der Waals surface area contributed by atoms with Gasteiger partial charge in [0.15, 0.2) is 0 Å². The average Bonchev–Trinajstić information content (AvgIpc) is 2.47. The van der Waals surface area contributed by atoms with Crippen LogP contribution in [0.1, 0.15) is 10.4 Å². The molecule has 4 heteroatoms. The molecule has 2 heterocycles. The summed E-state index contributed by atoms with van der Waals surface area (Å²) < 4.78 is 2.74. The van der Waals surface area contributed by atoms with E-state index in [0.29, 0.717) is 5.56 Å². The summed E-state index contributed by atoms with van der Waals surface area (Å²) in [6, 6.07) is 3.48. The molecule has 60 valence electrons. The first-order chi connectivity index (χ1) is 5.81. The van der Waals surface area contributed by atoms with Gasteiger partial charge < -0.3 is 0 Å². The number of pyridine rings is 1. The lowest BCUT2D eigenvalue weighted by Crippen LogP contribution is -1.86. The van der Waals surface area contributed by atoms with Crippen molar-refractivity contribution >= 4 is 27.9 Å². The lowest BCUT2D eigenvalue weighted by Gasteiger charge is -1.94. The van der Waals surface area contributed by atoms with E-state index in [1.165, 1.54) is 0 Å². The Hall–Kier alpha value is -1.16. The first-order valence-electron chi connectivity index (χ1n) is 3.39. The Bertz CT molecular complexity index is 436. The Morgan fingerprint density at radius 2 is 2.42 bits per heavy atom. The molecule has 0 saturated heterocycles. The van der Waals surface area contributed by atoms with Crippen LogP contribution in [0.2, 0.25) is 0 Å². The topological polar surface area (TPSA) is 34.4 Å². The van der Waals surface area contributed by atoms with Crippen molar-refractivity contribution in [1.29, 1.82) is 0 Å². The molecule has 0 aliphatic heterocycles. The molecule has 0 radical (unpaired) electrons. The van der Waals surface area contributed by atoms with E-state index in [-0.39, 0.29) is 0 Å². The molecule has 0 atom stereocenters. The summed E-state index contributed by atoms with van der Waals surface area (Å²) in [5, 5.41) is 0. The zero-order chi connectivity index (χ0) is 8.55. The maximum Gasteiger partial charge on any atom is 0.150 e. The largest absolute Gasteiger partial charge is 0.298 e. The number of rotatable bonds is 1. The van der Waals surface area contributed by atoms with Crippen LogP contribution < -0.4 is 0 Å². The van der Waals surface area contributed by atoms with Gasteiger partial charge in [-0.05, 0) is 28.1 Å². The summed E-state index contributed by atoms with van der Waals surface area (Å²) in [6.07, 6.45) is 4.31. The van der Waals surface area contributed by atoms with Crippen molar-refractivity contribution in [3.63, 3.8) is 0 Å². The quantitative estimate of drug-likeness (QED) is 0.694. The molecule has 2 aromatic heterocycles. The van der Waals surface area contributed by atoms with Gasteiger partial charge in [-0.15, -0.1) is 0 Å². The smallest absolute Gasteiger partial charge is 0.150 e. The van der Waals surface area contributed by atoms with Gasteiger partial charge in [-0.1, -0.05) is 0 Å². The fourth-order valence-corrected chi connectivity index (χ4v) is 1.44. The predicted molar refractivity (Wildman–Crippen MR) is 48.3 cm³/mol. The van der Waals surface area contributed by atoms with Crippen LogP contribution in [-0.2, 0) is 0 Å². The van der Waals surface area contributed by atoms with Gasteiger partial charge in [-0.2, -0.15) is 0 Å². The Balaban J connectivity index is 2.77. The van der Waals surface area contributed by atoms with Crippen LogP contribution in [0.5, 0.6) is 0 Å². The molecule has 0 amide bonds. The van der Waals surface area contributed by atoms with E-state index < -0.39 is 0 Å². The number of halogens is 1. The Morgan fingerprint density at radius 1 is 1.58 bits per heavy atom. The molecular weight excluding hydrogens is 220 g/mol. The number of nitrogens with zero attached hydrogens (tertiary/aromatic N) is 2. The van der Waals surface area contributed by atoms with Crippen molar-refractivity contribution in [2.45, 2.75) is 0 Å². The van der Waals surface area contributed by atoms with Crippen molar-refractivity contribution in [3.05, 3.63) is 34.7 Å². The van der Waals surface area contributed by atoms with Crippen LogP contribution in [0.15, 0.2) is 29.1 Å². The van der Waals surface area contributed by atoms with Crippen LogP contribution in [-0.4, -0.2) is 15.7 Å². The number of fused-ring (bicyclic) bond motifs is 1. The monoisotopic (exact) mass is 224 g/mol. The Morgan fingerprint density at radius 3 is 3.17 bits per heavy atom. The summed E-state index contributed by atoms with van der Waals surface area (Å²) in [6.45, 7) is 0. The highest BCUT2D eigenvalue weighted by Crippen LogP contribution is 2.12. The van der Waals surface area contributed by atoms with Crippen molar-refractivity contribution in [3.8, 4) is 0 Å². The lowest BCUT2D eigenvalue weighted by molar-refractivity contribution is 0.112. The first kappa shape index (κ1) is 7.49. The highest BCUT2D eigenvalue weighted by molar-refractivity contribution is 9.10. The zero-order valence-electron chi connectivity index (χ0n) is 6.07. The lowest BCUT2D eigenvalue weighted by atomic mass is 10.3. The standard InChI is InChI=1S/C8H5BrN2O/c9-7-4-10-8-3-6(5-12)1-2-11(7)8/h1-5H. The molecule has 0 aromatic carbocycles. The summed E-state index contributed by atoms with van der Waals surface area (Å²) in [5.74, 6) is 0. The van der Waals surface area contributed by atoms with Crippen molar-refractivity contribution in [2.75, 3.05) is 0 Å². The summed E-state index contributed by atoms with van der Waals surface area (Å²) in [7, 11) is 0. The molecule has 0 aliphatic rings. The third-order valence-corrected chi connectivity index (χ3v) is 2.22. The molecule has 0 N–H and O–H groups in total. The molecule has 3 nitrogen and oxygen atoms in total. The maximum absolute atomic E-state index is 10.4. The van der Waals surface area contributed by atoms with Gasteiger partial charge in [0, 0.05) is 11.8 Å². The molecule has 12 heavy (non-hydrogen) atoms. The maximum atomic E-state index is 10.4. The molecule has 0 spiro atoms. The second kappa shape index (κ2) is 2.71. The van der Waals surface area contributed by atoms with E-state index >= 15 is 0 Å². The third kappa shape index (κ3) is 1.04. The highest BCUT2D eigenvalue weighted by atomic mass is 79.9. The molecule has 2 rings (SSSR count). The highest BCUT2D eigenvalue weighted by Gasteiger charge is 1.99. The first-order valence-corrected chi connectivity index (χ1v) is 4.18. The molecule has 0 fully saturated rings. The number of hydrogen-bond acceptors (Lipinski definition) is 2. The van der Waals surface area contributed by atoms with Crippen LogP contribution in [0.25, 0.3) is 5.65 Å². The minimum absolute atomic E-state index is 0.639. The molecule has 0 unspecified atom stereocenters. The number of imidazole rings is 1. The second-order valence-electron chi connectivity index (χ2n) is 2.39. The Labute approximate surface area is 77.2 Å². The van der Waals surface area contributed by atoms with E-state index in [2.05, 4.69) is 20.9 Å². The minimum atomic E-state index is 0.639. The summed E-state index contributed by atoms with van der Waals surface area (Å²) in [5.41, 5.74) is 1.41. The number of aldehydes is 1.